The third-order valence-electron chi connectivity index (χ3n) is 2.37. The molecule has 0 radical (unpaired) electrons. The lowest BCUT2D eigenvalue weighted by molar-refractivity contribution is -0.113. The Morgan fingerprint density at radius 3 is 2.35 bits per heavy atom. The SMILES string of the molecule is O=C(c1cc(Br)c(F)cc1F)N1CC(F)(F)C1. The molecule has 2 rings (SSSR count). The molecule has 1 aromatic rings. The maximum atomic E-state index is 13.3. The summed E-state index contributed by atoms with van der Waals surface area (Å²) in [7, 11) is 0. The van der Waals surface area contributed by atoms with Crippen molar-refractivity contribution in [1.29, 1.82) is 0 Å². The second kappa shape index (κ2) is 3.97. The minimum atomic E-state index is -2.91. The van der Waals surface area contributed by atoms with Crippen molar-refractivity contribution in [3.63, 3.8) is 0 Å². The minimum Gasteiger partial charge on any atom is -0.326 e. The standard InChI is InChI=1S/C10H6BrF4NO/c11-6-1-5(7(12)2-8(6)13)9(17)16-3-10(14,15)4-16/h1-2H,3-4H2. The summed E-state index contributed by atoms with van der Waals surface area (Å²) in [6.07, 6.45) is 0. The Morgan fingerprint density at radius 1 is 1.24 bits per heavy atom. The summed E-state index contributed by atoms with van der Waals surface area (Å²) in [6.45, 7) is -1.47. The summed E-state index contributed by atoms with van der Waals surface area (Å²) in [4.78, 5) is 12.4. The Labute approximate surface area is 102 Å². The highest BCUT2D eigenvalue weighted by molar-refractivity contribution is 9.10. The van der Waals surface area contributed by atoms with Crippen LogP contribution in [0.2, 0.25) is 0 Å². The van der Waals surface area contributed by atoms with Gasteiger partial charge in [-0.05, 0) is 22.0 Å². The van der Waals surface area contributed by atoms with Gasteiger partial charge in [0.25, 0.3) is 11.8 Å². The minimum absolute atomic E-state index is 0.0884. The number of hydrogen-bond acceptors (Lipinski definition) is 1. The van der Waals surface area contributed by atoms with Crippen LogP contribution in [-0.4, -0.2) is 29.8 Å². The Kier molecular flexibility index (Phi) is 2.89. The van der Waals surface area contributed by atoms with Crippen LogP contribution in [0, 0.1) is 11.6 Å². The van der Waals surface area contributed by atoms with Crippen molar-refractivity contribution < 1.29 is 22.4 Å². The molecule has 0 bridgehead atoms. The van der Waals surface area contributed by atoms with E-state index in [1.54, 1.807) is 0 Å². The van der Waals surface area contributed by atoms with Gasteiger partial charge in [-0.1, -0.05) is 0 Å². The summed E-state index contributed by atoms with van der Waals surface area (Å²) in [5.74, 6) is -5.70. The van der Waals surface area contributed by atoms with Gasteiger partial charge in [-0.3, -0.25) is 4.79 Å². The van der Waals surface area contributed by atoms with Crippen LogP contribution < -0.4 is 0 Å². The molecular weight excluding hydrogens is 306 g/mol. The van der Waals surface area contributed by atoms with Gasteiger partial charge in [0.15, 0.2) is 0 Å². The Bertz CT molecular complexity index is 483. The van der Waals surface area contributed by atoms with E-state index in [0.29, 0.717) is 6.07 Å². The molecular formula is C10H6BrF4NO. The maximum absolute atomic E-state index is 13.3. The largest absolute Gasteiger partial charge is 0.326 e. The first-order chi connectivity index (χ1) is 7.80. The molecule has 0 atom stereocenters. The highest BCUT2D eigenvalue weighted by Gasteiger charge is 2.46. The Morgan fingerprint density at radius 2 is 1.82 bits per heavy atom. The summed E-state index contributed by atoms with van der Waals surface area (Å²) in [5.41, 5.74) is -0.422. The van der Waals surface area contributed by atoms with Crippen LogP contribution in [0.25, 0.3) is 0 Å². The molecule has 0 aliphatic carbocycles. The topological polar surface area (TPSA) is 20.3 Å². The quantitative estimate of drug-likeness (QED) is 0.577. The molecule has 0 spiro atoms. The van der Waals surface area contributed by atoms with Crippen molar-refractivity contribution in [1.82, 2.24) is 4.90 Å². The zero-order valence-corrected chi connectivity index (χ0v) is 9.90. The van der Waals surface area contributed by atoms with E-state index in [-0.39, 0.29) is 4.47 Å². The normalized spacial score (nSPS) is 17.8. The van der Waals surface area contributed by atoms with Gasteiger partial charge in [0, 0.05) is 6.07 Å². The zero-order valence-electron chi connectivity index (χ0n) is 8.31. The highest BCUT2D eigenvalue weighted by atomic mass is 79.9. The number of carbonyl (C=O) groups is 1. The summed E-state index contributed by atoms with van der Waals surface area (Å²) in [6, 6.07) is 1.48. The third kappa shape index (κ3) is 2.29. The average Bonchev–Trinajstić information content (AvgIpc) is 2.19. The number of alkyl halides is 2. The summed E-state index contributed by atoms with van der Waals surface area (Å²) >= 11 is 2.80. The molecule has 1 heterocycles. The number of amides is 1. The second-order valence-corrected chi connectivity index (χ2v) is 4.62. The van der Waals surface area contributed by atoms with Crippen LogP contribution in [0.1, 0.15) is 10.4 Å². The average molecular weight is 312 g/mol. The first-order valence-electron chi connectivity index (χ1n) is 4.62. The van der Waals surface area contributed by atoms with Crippen molar-refractivity contribution >= 4 is 21.8 Å². The van der Waals surface area contributed by atoms with Crippen molar-refractivity contribution in [2.24, 2.45) is 0 Å². The van der Waals surface area contributed by atoms with Gasteiger partial charge in [0.2, 0.25) is 0 Å². The summed E-state index contributed by atoms with van der Waals surface area (Å²) < 4.78 is 51.2. The first-order valence-corrected chi connectivity index (χ1v) is 5.41. The fourth-order valence-electron chi connectivity index (χ4n) is 1.51. The Balaban J connectivity index is 2.24. The molecule has 1 aromatic carbocycles. The third-order valence-corrected chi connectivity index (χ3v) is 2.98. The zero-order chi connectivity index (χ0) is 12.8. The van der Waals surface area contributed by atoms with Gasteiger partial charge in [0.05, 0.1) is 23.1 Å². The molecule has 2 nitrogen and oxygen atoms in total. The molecule has 1 amide bonds. The Hall–Kier alpha value is -1.11. The lowest BCUT2D eigenvalue weighted by Crippen LogP contribution is -2.58. The van der Waals surface area contributed by atoms with Gasteiger partial charge < -0.3 is 4.90 Å². The number of rotatable bonds is 1. The van der Waals surface area contributed by atoms with E-state index in [9.17, 15) is 22.4 Å². The molecule has 0 saturated carbocycles. The first kappa shape index (κ1) is 12.3. The van der Waals surface area contributed by atoms with Crippen LogP contribution in [-0.2, 0) is 0 Å². The van der Waals surface area contributed by atoms with Crippen LogP contribution in [0.5, 0.6) is 0 Å². The fraction of sp³-hybridized carbons (Fsp3) is 0.300. The van der Waals surface area contributed by atoms with E-state index in [4.69, 9.17) is 0 Å². The molecule has 17 heavy (non-hydrogen) atoms. The molecule has 92 valence electrons. The molecule has 1 aliphatic rings. The maximum Gasteiger partial charge on any atom is 0.282 e. The number of hydrogen-bond donors (Lipinski definition) is 0. The molecule has 0 aromatic heterocycles. The van der Waals surface area contributed by atoms with Crippen molar-refractivity contribution in [3.05, 3.63) is 33.8 Å². The van der Waals surface area contributed by atoms with Gasteiger partial charge in [-0.25, -0.2) is 17.6 Å². The molecule has 1 fully saturated rings. The molecule has 7 heteroatoms. The fourth-order valence-corrected chi connectivity index (χ4v) is 1.86. The highest BCUT2D eigenvalue weighted by Crippen LogP contribution is 2.29. The lowest BCUT2D eigenvalue weighted by Gasteiger charge is -2.38. The van der Waals surface area contributed by atoms with Crippen molar-refractivity contribution in [2.75, 3.05) is 13.1 Å². The van der Waals surface area contributed by atoms with E-state index in [2.05, 4.69) is 15.9 Å². The van der Waals surface area contributed by atoms with Gasteiger partial charge in [-0.15, -0.1) is 0 Å². The molecule has 1 aliphatic heterocycles. The van der Waals surface area contributed by atoms with E-state index < -0.39 is 42.1 Å². The lowest BCUT2D eigenvalue weighted by atomic mass is 10.1. The number of halogens is 5. The van der Waals surface area contributed by atoms with E-state index in [0.717, 1.165) is 11.0 Å². The number of carbonyl (C=O) groups excluding carboxylic acids is 1. The molecule has 0 N–H and O–H groups in total. The van der Waals surface area contributed by atoms with Gasteiger partial charge >= 0.3 is 0 Å². The van der Waals surface area contributed by atoms with E-state index >= 15 is 0 Å². The van der Waals surface area contributed by atoms with Crippen LogP contribution in [0.4, 0.5) is 17.6 Å². The van der Waals surface area contributed by atoms with Crippen molar-refractivity contribution in [2.45, 2.75) is 5.92 Å². The predicted molar refractivity (Wildman–Crippen MR) is 54.9 cm³/mol. The predicted octanol–water partition coefficient (Wildman–Crippen LogP) is 2.82. The van der Waals surface area contributed by atoms with E-state index in [1.807, 2.05) is 0 Å². The molecule has 1 saturated heterocycles. The number of likely N-dealkylation sites (tertiary alicyclic amines) is 1. The van der Waals surface area contributed by atoms with Gasteiger partial charge in [-0.2, -0.15) is 0 Å². The monoisotopic (exact) mass is 311 g/mol. The van der Waals surface area contributed by atoms with Crippen LogP contribution >= 0.6 is 15.9 Å². The molecule has 0 unspecified atom stereocenters. The second-order valence-electron chi connectivity index (χ2n) is 3.76. The summed E-state index contributed by atoms with van der Waals surface area (Å²) in [5, 5.41) is 0. The van der Waals surface area contributed by atoms with Gasteiger partial charge in [0.1, 0.15) is 11.6 Å². The van der Waals surface area contributed by atoms with Crippen LogP contribution in [0.3, 0.4) is 0 Å². The van der Waals surface area contributed by atoms with Crippen molar-refractivity contribution in [3.8, 4) is 0 Å². The number of benzene rings is 1. The van der Waals surface area contributed by atoms with E-state index in [1.165, 1.54) is 0 Å². The van der Waals surface area contributed by atoms with Crippen LogP contribution in [0.15, 0.2) is 16.6 Å². The smallest absolute Gasteiger partial charge is 0.282 e. The number of nitrogens with zero attached hydrogens (tertiary/aromatic N) is 1.